The molecule has 4 aliphatic rings. The molecule has 0 aromatic carbocycles. The Hall–Kier alpha value is -1.22. The van der Waals surface area contributed by atoms with Crippen LogP contribution in [-0.4, -0.2) is 55.5 Å². The van der Waals surface area contributed by atoms with Gasteiger partial charge in [0.15, 0.2) is 22.8 Å². The van der Waals surface area contributed by atoms with Crippen LogP contribution < -0.4 is 0 Å². The standard InChI is InChI=1S/C22H30FO8P/c1-12-8-16-15-5-4-13-9-14(24)6-7-19(13,2)22(15,23)17(25)10-20(16,3)21(27,18(12)26)11-31-32(28,29)30/h6-7,9,12,15-17,25,27H,4-5,8,10-11H2,1-3H3,(H2,28,29,30)/t12-,15?,16?,17+,19+,20+,21+,22+/m1/s1. The van der Waals surface area contributed by atoms with Crippen molar-refractivity contribution in [2.24, 2.45) is 28.6 Å². The summed E-state index contributed by atoms with van der Waals surface area (Å²) < 4.78 is 33.0. The number of phosphoric acid groups is 1. The number of rotatable bonds is 3. The third kappa shape index (κ3) is 3.02. The van der Waals surface area contributed by atoms with Gasteiger partial charge in [0.1, 0.15) is 0 Å². The van der Waals surface area contributed by atoms with E-state index in [1.54, 1.807) is 20.8 Å². The Kier molecular flexibility index (Phi) is 5.34. The molecule has 0 aliphatic heterocycles. The van der Waals surface area contributed by atoms with Crippen molar-refractivity contribution in [3.05, 3.63) is 23.8 Å². The highest BCUT2D eigenvalue weighted by Crippen LogP contribution is 2.68. The molecule has 32 heavy (non-hydrogen) atoms. The van der Waals surface area contributed by atoms with Gasteiger partial charge in [0, 0.05) is 22.7 Å². The van der Waals surface area contributed by atoms with Crippen LogP contribution in [0.15, 0.2) is 23.8 Å². The largest absolute Gasteiger partial charge is 0.469 e. The maximum Gasteiger partial charge on any atom is 0.469 e. The molecule has 8 atom stereocenters. The molecule has 0 aromatic heterocycles. The first-order valence-corrected chi connectivity index (χ1v) is 12.4. The summed E-state index contributed by atoms with van der Waals surface area (Å²) in [6.07, 6.45) is 3.39. The van der Waals surface area contributed by atoms with Crippen LogP contribution in [0.25, 0.3) is 0 Å². The highest BCUT2D eigenvalue weighted by atomic mass is 31.2. The lowest BCUT2D eigenvalue weighted by Gasteiger charge is -2.66. The number of alkyl halides is 1. The monoisotopic (exact) mass is 472 g/mol. The molecule has 0 radical (unpaired) electrons. The predicted molar refractivity (Wildman–Crippen MR) is 111 cm³/mol. The minimum atomic E-state index is -4.99. The maximum atomic E-state index is 17.1. The molecule has 0 aromatic rings. The lowest BCUT2D eigenvalue weighted by atomic mass is 9.40. The van der Waals surface area contributed by atoms with Crippen molar-refractivity contribution >= 4 is 19.4 Å². The Morgan fingerprint density at radius 1 is 1.25 bits per heavy atom. The number of halogens is 1. The molecule has 0 spiro atoms. The van der Waals surface area contributed by atoms with Crippen molar-refractivity contribution in [2.45, 2.75) is 63.8 Å². The van der Waals surface area contributed by atoms with Gasteiger partial charge in [-0.1, -0.05) is 25.5 Å². The third-order valence-corrected chi connectivity index (χ3v) is 9.35. The lowest BCUT2D eigenvalue weighted by Crippen LogP contribution is -2.74. The normalized spacial score (nSPS) is 48.6. The number of phosphoric ester groups is 1. The van der Waals surface area contributed by atoms with Crippen molar-refractivity contribution in [3.8, 4) is 0 Å². The van der Waals surface area contributed by atoms with Gasteiger partial charge in [-0.05, 0) is 50.7 Å². The van der Waals surface area contributed by atoms with E-state index < -0.39 is 66.2 Å². The Morgan fingerprint density at radius 3 is 2.53 bits per heavy atom. The molecular weight excluding hydrogens is 442 g/mol. The predicted octanol–water partition coefficient (Wildman–Crippen LogP) is 2.01. The minimum Gasteiger partial charge on any atom is -0.390 e. The van der Waals surface area contributed by atoms with Gasteiger partial charge in [-0.2, -0.15) is 0 Å². The van der Waals surface area contributed by atoms with Crippen molar-refractivity contribution < 1.29 is 43.1 Å². The molecular formula is C22H30FO8P. The van der Waals surface area contributed by atoms with Crippen molar-refractivity contribution in [2.75, 3.05) is 6.61 Å². The van der Waals surface area contributed by atoms with Crippen molar-refractivity contribution in [1.29, 1.82) is 0 Å². The average Bonchev–Trinajstić information content (AvgIpc) is 2.69. The smallest absolute Gasteiger partial charge is 0.390 e. The SMILES string of the molecule is C[C@@H]1CC2C3CCC4=CC(=O)C=C[C@]4(C)[C@@]3(F)[C@@H](O)C[C@]2(C)[C@](O)(COP(=O)(O)O)C1=O. The number of aliphatic hydroxyl groups excluding tert-OH is 1. The van der Waals surface area contributed by atoms with Crippen LogP contribution in [0, 0.1) is 28.6 Å². The number of hydrogen-bond acceptors (Lipinski definition) is 6. The number of carbonyl (C=O) groups excluding carboxylic acids is 2. The fourth-order valence-electron chi connectivity index (χ4n) is 7.06. The third-order valence-electron chi connectivity index (χ3n) is 8.88. The van der Waals surface area contributed by atoms with Crippen LogP contribution in [0.1, 0.15) is 46.5 Å². The maximum absolute atomic E-state index is 17.1. The summed E-state index contributed by atoms with van der Waals surface area (Å²) in [6.45, 7) is 3.90. The Labute approximate surface area is 185 Å². The van der Waals surface area contributed by atoms with Gasteiger partial charge < -0.3 is 20.0 Å². The molecule has 0 saturated heterocycles. The summed E-state index contributed by atoms with van der Waals surface area (Å²) in [7, 11) is -4.99. The molecule has 10 heteroatoms. The Morgan fingerprint density at radius 2 is 1.91 bits per heavy atom. The summed E-state index contributed by atoms with van der Waals surface area (Å²) in [6, 6.07) is 0. The van der Waals surface area contributed by atoms with E-state index in [0.29, 0.717) is 18.4 Å². The van der Waals surface area contributed by atoms with E-state index in [4.69, 9.17) is 0 Å². The van der Waals surface area contributed by atoms with Crippen molar-refractivity contribution in [3.63, 3.8) is 0 Å². The molecule has 178 valence electrons. The van der Waals surface area contributed by atoms with Crippen LogP contribution in [-0.2, 0) is 18.7 Å². The van der Waals surface area contributed by atoms with Gasteiger partial charge in [0.05, 0.1) is 12.7 Å². The minimum absolute atomic E-state index is 0.226. The van der Waals surface area contributed by atoms with Crippen LogP contribution in [0.4, 0.5) is 4.39 Å². The summed E-state index contributed by atoms with van der Waals surface area (Å²) in [5, 5.41) is 22.7. The average molecular weight is 472 g/mol. The van der Waals surface area contributed by atoms with Crippen LogP contribution in [0.5, 0.6) is 0 Å². The van der Waals surface area contributed by atoms with Gasteiger partial charge in [-0.3, -0.25) is 14.1 Å². The number of ketones is 2. The second kappa shape index (κ2) is 7.14. The molecule has 3 saturated carbocycles. The van der Waals surface area contributed by atoms with Crippen LogP contribution in [0.3, 0.4) is 0 Å². The van der Waals surface area contributed by atoms with E-state index in [0.717, 1.165) is 0 Å². The zero-order chi connectivity index (χ0) is 23.9. The topological polar surface area (TPSA) is 141 Å². The molecule has 8 nitrogen and oxygen atoms in total. The number of carbonyl (C=O) groups is 2. The number of aliphatic hydroxyl groups is 2. The highest BCUT2D eigenvalue weighted by Gasteiger charge is 2.74. The number of fused-ring (bicyclic) bond motifs is 5. The fourth-order valence-corrected chi connectivity index (χ4v) is 7.42. The van der Waals surface area contributed by atoms with Crippen molar-refractivity contribution in [1.82, 2.24) is 0 Å². The number of allylic oxidation sites excluding steroid dienone is 4. The van der Waals surface area contributed by atoms with E-state index in [2.05, 4.69) is 4.52 Å². The van der Waals surface area contributed by atoms with E-state index in [-0.39, 0.29) is 18.6 Å². The summed E-state index contributed by atoms with van der Waals surface area (Å²) in [5.74, 6) is -2.84. The lowest BCUT2D eigenvalue weighted by molar-refractivity contribution is -0.254. The van der Waals surface area contributed by atoms with Gasteiger partial charge >= 0.3 is 7.82 Å². The molecule has 4 rings (SSSR count). The highest BCUT2D eigenvalue weighted by molar-refractivity contribution is 7.46. The molecule has 4 aliphatic carbocycles. The fraction of sp³-hybridized carbons (Fsp3) is 0.727. The van der Waals surface area contributed by atoms with Gasteiger partial charge in [0.25, 0.3) is 0 Å². The Bertz CT molecular complexity index is 973. The number of hydrogen-bond donors (Lipinski definition) is 4. The van der Waals surface area contributed by atoms with Crippen LogP contribution in [0.2, 0.25) is 0 Å². The van der Waals surface area contributed by atoms with E-state index in [1.807, 2.05) is 0 Å². The molecule has 3 fully saturated rings. The molecule has 0 bridgehead atoms. The van der Waals surface area contributed by atoms with E-state index >= 15 is 4.39 Å². The molecule has 0 amide bonds. The summed E-state index contributed by atoms with van der Waals surface area (Å²) >= 11 is 0. The summed E-state index contributed by atoms with van der Waals surface area (Å²) in [5.41, 5.74) is -6.39. The van der Waals surface area contributed by atoms with Gasteiger partial charge in [-0.15, -0.1) is 0 Å². The van der Waals surface area contributed by atoms with Crippen LogP contribution >= 0.6 is 7.82 Å². The van der Waals surface area contributed by atoms with E-state index in [1.165, 1.54) is 18.2 Å². The second-order valence-corrected chi connectivity index (χ2v) is 11.6. The van der Waals surface area contributed by atoms with E-state index in [9.17, 15) is 34.2 Å². The zero-order valence-electron chi connectivity index (χ0n) is 18.3. The quantitative estimate of drug-likeness (QED) is 0.457. The number of Topliss-reactive ketones (excluding diaryl/α,β-unsaturated/α-hetero) is 1. The summed E-state index contributed by atoms with van der Waals surface area (Å²) in [4.78, 5) is 43.3. The first kappa shape index (κ1) is 23.9. The second-order valence-electron chi connectivity index (χ2n) is 10.4. The first-order chi connectivity index (χ1) is 14.6. The first-order valence-electron chi connectivity index (χ1n) is 10.9. The van der Waals surface area contributed by atoms with Gasteiger partial charge in [0.2, 0.25) is 0 Å². The molecule has 4 N–H and O–H groups in total. The Balaban J connectivity index is 1.81. The zero-order valence-corrected chi connectivity index (χ0v) is 19.2. The van der Waals surface area contributed by atoms with Gasteiger partial charge in [-0.25, -0.2) is 8.96 Å². The molecule has 0 heterocycles. The molecule has 2 unspecified atom stereocenters.